The zero-order valence-corrected chi connectivity index (χ0v) is 11.1. The molecule has 2 nitrogen and oxygen atoms in total. The Labute approximate surface area is 104 Å². The molecule has 0 amide bonds. The molecule has 0 saturated heterocycles. The summed E-state index contributed by atoms with van der Waals surface area (Å²) >= 11 is 0. The number of ether oxygens (including phenoxy) is 1. The molecule has 1 saturated carbocycles. The Morgan fingerprint density at radius 3 is 2.82 bits per heavy atom. The lowest BCUT2D eigenvalue weighted by Gasteiger charge is -2.30. The maximum atomic E-state index is 5.47. The molecule has 0 radical (unpaired) electrons. The van der Waals surface area contributed by atoms with Crippen LogP contribution in [0.1, 0.15) is 36.8 Å². The van der Waals surface area contributed by atoms with Crippen LogP contribution in [-0.2, 0) is 4.74 Å². The van der Waals surface area contributed by atoms with E-state index in [2.05, 4.69) is 37.4 Å². The SMILES string of the molecule is COC1CCCC(Nc2cc(C)ccc2C)C1. The van der Waals surface area contributed by atoms with Gasteiger partial charge in [0, 0.05) is 18.8 Å². The van der Waals surface area contributed by atoms with Crippen molar-refractivity contribution in [3.05, 3.63) is 29.3 Å². The van der Waals surface area contributed by atoms with Crippen molar-refractivity contribution in [3.8, 4) is 0 Å². The third-order valence-corrected chi connectivity index (χ3v) is 3.71. The fraction of sp³-hybridized carbons (Fsp3) is 0.600. The Hall–Kier alpha value is -1.02. The maximum absolute atomic E-state index is 5.47. The summed E-state index contributed by atoms with van der Waals surface area (Å²) in [6, 6.07) is 7.16. The molecule has 17 heavy (non-hydrogen) atoms. The van der Waals surface area contributed by atoms with E-state index in [1.54, 1.807) is 0 Å². The van der Waals surface area contributed by atoms with Crippen molar-refractivity contribution in [1.82, 2.24) is 0 Å². The minimum Gasteiger partial charge on any atom is -0.382 e. The van der Waals surface area contributed by atoms with Gasteiger partial charge in [0.05, 0.1) is 6.10 Å². The highest BCUT2D eigenvalue weighted by molar-refractivity contribution is 5.53. The molecule has 2 rings (SSSR count). The van der Waals surface area contributed by atoms with E-state index in [0.717, 1.165) is 6.42 Å². The van der Waals surface area contributed by atoms with Gasteiger partial charge in [-0.2, -0.15) is 0 Å². The first-order valence-electron chi connectivity index (χ1n) is 6.55. The first-order chi connectivity index (χ1) is 8.19. The molecular weight excluding hydrogens is 210 g/mol. The van der Waals surface area contributed by atoms with Gasteiger partial charge in [-0.25, -0.2) is 0 Å². The van der Waals surface area contributed by atoms with Gasteiger partial charge in [-0.1, -0.05) is 12.1 Å². The van der Waals surface area contributed by atoms with E-state index in [1.807, 2.05) is 7.11 Å². The molecule has 1 fully saturated rings. The van der Waals surface area contributed by atoms with Gasteiger partial charge >= 0.3 is 0 Å². The largest absolute Gasteiger partial charge is 0.382 e. The Morgan fingerprint density at radius 2 is 2.06 bits per heavy atom. The predicted molar refractivity (Wildman–Crippen MR) is 72.6 cm³/mol. The summed E-state index contributed by atoms with van der Waals surface area (Å²) in [6.45, 7) is 4.31. The summed E-state index contributed by atoms with van der Waals surface area (Å²) in [5.74, 6) is 0. The first-order valence-corrected chi connectivity index (χ1v) is 6.55. The van der Waals surface area contributed by atoms with Crippen LogP contribution in [-0.4, -0.2) is 19.3 Å². The van der Waals surface area contributed by atoms with E-state index in [4.69, 9.17) is 4.74 Å². The number of hydrogen-bond donors (Lipinski definition) is 1. The number of rotatable bonds is 3. The van der Waals surface area contributed by atoms with Crippen LogP contribution in [0, 0.1) is 13.8 Å². The third-order valence-electron chi connectivity index (χ3n) is 3.71. The Kier molecular flexibility index (Phi) is 4.06. The van der Waals surface area contributed by atoms with E-state index in [-0.39, 0.29) is 0 Å². The summed E-state index contributed by atoms with van der Waals surface area (Å²) in [5.41, 5.74) is 3.93. The van der Waals surface area contributed by atoms with Crippen molar-refractivity contribution in [3.63, 3.8) is 0 Å². The van der Waals surface area contributed by atoms with Crippen molar-refractivity contribution in [2.75, 3.05) is 12.4 Å². The smallest absolute Gasteiger partial charge is 0.0590 e. The lowest BCUT2D eigenvalue weighted by Crippen LogP contribution is -2.31. The monoisotopic (exact) mass is 233 g/mol. The summed E-state index contributed by atoms with van der Waals surface area (Å²) in [5, 5.41) is 3.67. The van der Waals surface area contributed by atoms with E-state index < -0.39 is 0 Å². The highest BCUT2D eigenvalue weighted by Gasteiger charge is 2.21. The Morgan fingerprint density at radius 1 is 1.24 bits per heavy atom. The highest BCUT2D eigenvalue weighted by Crippen LogP contribution is 2.25. The van der Waals surface area contributed by atoms with Gasteiger partial charge < -0.3 is 10.1 Å². The van der Waals surface area contributed by atoms with Gasteiger partial charge in [0.15, 0.2) is 0 Å². The second kappa shape index (κ2) is 5.54. The molecule has 2 heteroatoms. The molecule has 0 aromatic heterocycles. The average Bonchev–Trinajstić information content (AvgIpc) is 2.34. The number of nitrogens with one attached hydrogen (secondary N) is 1. The number of benzene rings is 1. The zero-order valence-electron chi connectivity index (χ0n) is 11.1. The van der Waals surface area contributed by atoms with E-state index in [9.17, 15) is 0 Å². The van der Waals surface area contributed by atoms with Crippen LogP contribution in [0.4, 0.5) is 5.69 Å². The molecule has 1 aromatic rings. The standard InChI is InChI=1S/C15H23NO/c1-11-7-8-12(2)15(9-11)16-13-5-4-6-14(10-13)17-3/h7-9,13-14,16H,4-6,10H2,1-3H3. The van der Waals surface area contributed by atoms with Gasteiger partial charge in [0.1, 0.15) is 0 Å². The average molecular weight is 233 g/mol. The lowest BCUT2D eigenvalue weighted by molar-refractivity contribution is 0.0669. The molecule has 0 spiro atoms. The van der Waals surface area contributed by atoms with Gasteiger partial charge in [0.2, 0.25) is 0 Å². The molecule has 2 atom stereocenters. The molecule has 1 aromatic carbocycles. The summed E-state index contributed by atoms with van der Waals surface area (Å²) in [7, 11) is 1.82. The molecular formula is C15H23NO. The highest BCUT2D eigenvalue weighted by atomic mass is 16.5. The van der Waals surface area contributed by atoms with E-state index in [0.29, 0.717) is 12.1 Å². The normalized spacial score (nSPS) is 24.6. The second-order valence-electron chi connectivity index (χ2n) is 5.18. The molecule has 2 unspecified atom stereocenters. The van der Waals surface area contributed by atoms with Crippen molar-refractivity contribution < 1.29 is 4.74 Å². The van der Waals surface area contributed by atoms with Crippen molar-refractivity contribution in [2.45, 2.75) is 51.7 Å². The topological polar surface area (TPSA) is 21.3 Å². The molecule has 1 N–H and O–H groups in total. The predicted octanol–water partition coefficient (Wildman–Crippen LogP) is 3.67. The molecule has 0 bridgehead atoms. The fourth-order valence-electron chi connectivity index (χ4n) is 2.60. The molecule has 0 aliphatic heterocycles. The minimum atomic E-state index is 0.436. The first kappa shape index (κ1) is 12.4. The number of anilines is 1. The maximum Gasteiger partial charge on any atom is 0.0590 e. The van der Waals surface area contributed by atoms with Crippen LogP contribution >= 0.6 is 0 Å². The minimum absolute atomic E-state index is 0.436. The third kappa shape index (κ3) is 3.22. The quantitative estimate of drug-likeness (QED) is 0.860. The molecule has 0 heterocycles. The van der Waals surface area contributed by atoms with Gasteiger partial charge in [-0.05, 0) is 56.7 Å². The van der Waals surface area contributed by atoms with Crippen LogP contribution in [0.2, 0.25) is 0 Å². The van der Waals surface area contributed by atoms with Crippen LogP contribution in [0.25, 0.3) is 0 Å². The van der Waals surface area contributed by atoms with Crippen molar-refractivity contribution >= 4 is 5.69 Å². The number of methoxy groups -OCH3 is 1. The molecule has 94 valence electrons. The van der Waals surface area contributed by atoms with Crippen LogP contribution in [0.3, 0.4) is 0 Å². The van der Waals surface area contributed by atoms with Gasteiger partial charge in [-0.3, -0.25) is 0 Å². The van der Waals surface area contributed by atoms with Gasteiger partial charge in [-0.15, -0.1) is 0 Å². The van der Waals surface area contributed by atoms with Crippen molar-refractivity contribution in [1.29, 1.82) is 0 Å². The lowest BCUT2D eigenvalue weighted by atomic mass is 9.92. The summed E-state index contributed by atoms with van der Waals surface area (Å²) in [6.07, 6.45) is 5.30. The summed E-state index contributed by atoms with van der Waals surface area (Å²) < 4.78 is 5.47. The van der Waals surface area contributed by atoms with E-state index >= 15 is 0 Å². The number of aryl methyl sites for hydroxylation is 2. The van der Waals surface area contributed by atoms with Crippen molar-refractivity contribution in [2.24, 2.45) is 0 Å². The molecule has 1 aliphatic carbocycles. The number of hydrogen-bond acceptors (Lipinski definition) is 2. The van der Waals surface area contributed by atoms with Crippen LogP contribution in [0.5, 0.6) is 0 Å². The second-order valence-corrected chi connectivity index (χ2v) is 5.18. The Balaban J connectivity index is 2.02. The fourth-order valence-corrected chi connectivity index (χ4v) is 2.60. The zero-order chi connectivity index (χ0) is 12.3. The molecule has 1 aliphatic rings. The van der Waals surface area contributed by atoms with Crippen LogP contribution < -0.4 is 5.32 Å². The summed E-state index contributed by atoms with van der Waals surface area (Å²) in [4.78, 5) is 0. The Bertz CT molecular complexity index is 375. The van der Waals surface area contributed by atoms with Gasteiger partial charge in [0.25, 0.3) is 0 Å². The van der Waals surface area contributed by atoms with Crippen LogP contribution in [0.15, 0.2) is 18.2 Å². The van der Waals surface area contributed by atoms with E-state index in [1.165, 1.54) is 36.1 Å².